The molecule has 3 amide bonds. The summed E-state index contributed by atoms with van der Waals surface area (Å²) in [5, 5.41) is 2.56. The standard InChI is InChI=1S/C15H19N3O3/c1-10-7-8-11(13(16)19)9-18(10)15(21)14(20)17-12-5-3-2-4-6-12/h2-6,10-11H,7-9H2,1H3,(H2,16,19)(H,17,20)/t10-,11-/m1/s1. The van der Waals surface area contributed by atoms with E-state index in [1.54, 1.807) is 24.3 Å². The van der Waals surface area contributed by atoms with Crippen LogP contribution >= 0.6 is 0 Å². The van der Waals surface area contributed by atoms with Crippen LogP contribution < -0.4 is 11.1 Å². The van der Waals surface area contributed by atoms with Crippen LogP contribution in [0.15, 0.2) is 30.3 Å². The number of amides is 3. The molecule has 0 bridgehead atoms. The van der Waals surface area contributed by atoms with E-state index in [1.807, 2.05) is 13.0 Å². The van der Waals surface area contributed by atoms with Crippen LogP contribution in [0.4, 0.5) is 5.69 Å². The molecule has 1 aliphatic heterocycles. The molecule has 21 heavy (non-hydrogen) atoms. The summed E-state index contributed by atoms with van der Waals surface area (Å²) < 4.78 is 0. The third kappa shape index (κ3) is 3.59. The Kier molecular flexibility index (Phi) is 4.57. The molecule has 6 heteroatoms. The number of primary amides is 1. The van der Waals surface area contributed by atoms with Gasteiger partial charge in [0, 0.05) is 18.3 Å². The number of para-hydroxylation sites is 1. The number of hydrogen-bond donors (Lipinski definition) is 2. The molecule has 0 unspecified atom stereocenters. The summed E-state index contributed by atoms with van der Waals surface area (Å²) in [5.41, 5.74) is 5.86. The third-order valence-electron chi connectivity index (χ3n) is 3.77. The van der Waals surface area contributed by atoms with E-state index >= 15 is 0 Å². The smallest absolute Gasteiger partial charge is 0.313 e. The summed E-state index contributed by atoms with van der Waals surface area (Å²) in [6.45, 7) is 2.07. The zero-order chi connectivity index (χ0) is 15.4. The van der Waals surface area contributed by atoms with Crippen molar-refractivity contribution in [3.05, 3.63) is 30.3 Å². The maximum absolute atomic E-state index is 12.2. The van der Waals surface area contributed by atoms with Crippen molar-refractivity contribution in [1.82, 2.24) is 4.90 Å². The van der Waals surface area contributed by atoms with Gasteiger partial charge in [0.1, 0.15) is 0 Å². The van der Waals surface area contributed by atoms with Gasteiger partial charge in [0.05, 0.1) is 5.92 Å². The SMILES string of the molecule is C[C@@H]1CC[C@@H](C(N)=O)CN1C(=O)C(=O)Nc1ccccc1. The summed E-state index contributed by atoms with van der Waals surface area (Å²) in [4.78, 5) is 37.0. The Bertz CT molecular complexity index is 544. The number of rotatable bonds is 2. The number of piperidine rings is 1. The Balaban J connectivity index is 2.03. The maximum Gasteiger partial charge on any atom is 0.313 e. The van der Waals surface area contributed by atoms with E-state index in [4.69, 9.17) is 5.73 Å². The molecule has 112 valence electrons. The molecular formula is C15H19N3O3. The third-order valence-corrected chi connectivity index (χ3v) is 3.77. The lowest BCUT2D eigenvalue weighted by Gasteiger charge is -2.36. The quantitative estimate of drug-likeness (QED) is 0.786. The summed E-state index contributed by atoms with van der Waals surface area (Å²) in [6.07, 6.45) is 1.32. The number of nitrogens with one attached hydrogen (secondary N) is 1. The number of carbonyl (C=O) groups is 3. The van der Waals surface area contributed by atoms with E-state index in [0.717, 1.165) is 0 Å². The van der Waals surface area contributed by atoms with E-state index < -0.39 is 17.7 Å². The lowest BCUT2D eigenvalue weighted by Crippen LogP contribution is -2.51. The first kappa shape index (κ1) is 15.0. The average Bonchev–Trinajstić information content (AvgIpc) is 2.47. The number of nitrogens with zero attached hydrogens (tertiary/aromatic N) is 1. The highest BCUT2D eigenvalue weighted by molar-refractivity contribution is 6.39. The fraction of sp³-hybridized carbons (Fsp3) is 0.400. The Labute approximate surface area is 123 Å². The van der Waals surface area contributed by atoms with Gasteiger partial charge in [0.2, 0.25) is 5.91 Å². The second-order valence-corrected chi connectivity index (χ2v) is 5.30. The molecule has 2 rings (SSSR count). The van der Waals surface area contributed by atoms with Gasteiger partial charge in [0.25, 0.3) is 0 Å². The molecule has 0 radical (unpaired) electrons. The molecule has 1 fully saturated rings. The van der Waals surface area contributed by atoms with E-state index in [0.29, 0.717) is 18.5 Å². The second kappa shape index (κ2) is 6.39. The average molecular weight is 289 g/mol. The van der Waals surface area contributed by atoms with Gasteiger partial charge in [-0.05, 0) is 31.9 Å². The van der Waals surface area contributed by atoms with Crippen molar-refractivity contribution in [2.45, 2.75) is 25.8 Å². The van der Waals surface area contributed by atoms with Crippen molar-refractivity contribution >= 4 is 23.4 Å². The minimum absolute atomic E-state index is 0.0744. The van der Waals surface area contributed by atoms with Crippen LogP contribution in [0.1, 0.15) is 19.8 Å². The Hall–Kier alpha value is -2.37. The van der Waals surface area contributed by atoms with Crippen LogP contribution in [-0.2, 0) is 14.4 Å². The lowest BCUT2D eigenvalue weighted by molar-refractivity contribution is -0.147. The number of nitrogens with two attached hydrogens (primary N) is 1. The molecule has 1 aromatic carbocycles. The summed E-state index contributed by atoms with van der Waals surface area (Å²) >= 11 is 0. The number of carbonyl (C=O) groups excluding carboxylic acids is 3. The summed E-state index contributed by atoms with van der Waals surface area (Å²) in [5.74, 6) is -2.13. The monoisotopic (exact) mass is 289 g/mol. The van der Waals surface area contributed by atoms with Crippen LogP contribution in [0.3, 0.4) is 0 Å². The predicted molar refractivity (Wildman–Crippen MR) is 78.2 cm³/mol. The number of likely N-dealkylation sites (tertiary alicyclic amines) is 1. The first-order valence-corrected chi connectivity index (χ1v) is 6.95. The highest BCUT2D eigenvalue weighted by Crippen LogP contribution is 2.22. The topological polar surface area (TPSA) is 92.5 Å². The van der Waals surface area contributed by atoms with Gasteiger partial charge >= 0.3 is 11.8 Å². The fourth-order valence-corrected chi connectivity index (χ4v) is 2.46. The van der Waals surface area contributed by atoms with Gasteiger partial charge in [-0.25, -0.2) is 0 Å². The minimum atomic E-state index is -0.696. The van der Waals surface area contributed by atoms with Crippen LogP contribution in [0.5, 0.6) is 0 Å². The van der Waals surface area contributed by atoms with Gasteiger partial charge in [0.15, 0.2) is 0 Å². The van der Waals surface area contributed by atoms with E-state index in [9.17, 15) is 14.4 Å². The second-order valence-electron chi connectivity index (χ2n) is 5.30. The van der Waals surface area contributed by atoms with Crippen molar-refractivity contribution in [3.63, 3.8) is 0 Å². The molecule has 3 N–H and O–H groups in total. The van der Waals surface area contributed by atoms with Crippen LogP contribution in [0.25, 0.3) is 0 Å². The molecule has 0 aromatic heterocycles. The van der Waals surface area contributed by atoms with E-state index in [-0.39, 0.29) is 18.5 Å². The molecule has 1 aromatic rings. The van der Waals surface area contributed by atoms with Crippen molar-refractivity contribution in [1.29, 1.82) is 0 Å². The number of hydrogen-bond acceptors (Lipinski definition) is 3. The van der Waals surface area contributed by atoms with Crippen LogP contribution in [0.2, 0.25) is 0 Å². The van der Waals surface area contributed by atoms with Gasteiger partial charge in [-0.15, -0.1) is 0 Å². The van der Waals surface area contributed by atoms with Crippen molar-refractivity contribution in [2.24, 2.45) is 11.7 Å². The Morgan fingerprint density at radius 1 is 1.19 bits per heavy atom. The molecule has 2 atom stereocenters. The van der Waals surface area contributed by atoms with Crippen molar-refractivity contribution < 1.29 is 14.4 Å². The Morgan fingerprint density at radius 3 is 2.48 bits per heavy atom. The summed E-state index contributed by atoms with van der Waals surface area (Å²) in [7, 11) is 0. The molecule has 1 aliphatic rings. The first-order valence-electron chi connectivity index (χ1n) is 6.95. The van der Waals surface area contributed by atoms with Gasteiger partial charge in [-0.1, -0.05) is 18.2 Å². The van der Waals surface area contributed by atoms with E-state index in [1.165, 1.54) is 4.90 Å². The zero-order valence-corrected chi connectivity index (χ0v) is 11.9. The van der Waals surface area contributed by atoms with Gasteiger partial charge in [-0.3, -0.25) is 14.4 Å². The lowest BCUT2D eigenvalue weighted by atomic mass is 9.93. The Morgan fingerprint density at radius 2 is 1.86 bits per heavy atom. The normalized spacial score (nSPS) is 21.7. The minimum Gasteiger partial charge on any atom is -0.369 e. The predicted octanol–water partition coefficient (Wildman–Crippen LogP) is 0.737. The molecule has 0 saturated carbocycles. The molecule has 0 spiro atoms. The van der Waals surface area contributed by atoms with E-state index in [2.05, 4.69) is 5.32 Å². The highest BCUT2D eigenvalue weighted by atomic mass is 16.2. The zero-order valence-electron chi connectivity index (χ0n) is 11.9. The van der Waals surface area contributed by atoms with Crippen molar-refractivity contribution in [3.8, 4) is 0 Å². The fourth-order valence-electron chi connectivity index (χ4n) is 2.46. The number of anilines is 1. The molecular weight excluding hydrogens is 270 g/mol. The summed E-state index contributed by atoms with van der Waals surface area (Å²) in [6, 6.07) is 8.70. The first-order chi connectivity index (χ1) is 9.99. The van der Waals surface area contributed by atoms with Crippen molar-refractivity contribution in [2.75, 3.05) is 11.9 Å². The van der Waals surface area contributed by atoms with Crippen LogP contribution in [0, 0.1) is 5.92 Å². The largest absolute Gasteiger partial charge is 0.369 e. The highest BCUT2D eigenvalue weighted by Gasteiger charge is 2.34. The molecule has 6 nitrogen and oxygen atoms in total. The number of benzene rings is 1. The maximum atomic E-state index is 12.2. The van der Waals surface area contributed by atoms with Gasteiger partial charge < -0.3 is 16.0 Å². The molecule has 1 heterocycles. The molecule has 0 aliphatic carbocycles. The van der Waals surface area contributed by atoms with Crippen LogP contribution in [-0.4, -0.2) is 35.2 Å². The van der Waals surface area contributed by atoms with Gasteiger partial charge in [-0.2, -0.15) is 0 Å². The molecule has 1 saturated heterocycles.